The first kappa shape index (κ1) is 23.2. The zero-order valence-corrected chi connectivity index (χ0v) is 15.1. The number of carbonyl (C=O) groups excluding carboxylic acids is 2. The van der Waals surface area contributed by atoms with Crippen molar-refractivity contribution in [3.63, 3.8) is 0 Å². The van der Waals surface area contributed by atoms with Crippen LogP contribution in [0.5, 0.6) is 0 Å². The lowest BCUT2D eigenvalue weighted by atomic mass is 10.2. The molecule has 0 rings (SSSR count). The average Bonchev–Trinajstić information content (AvgIpc) is 2.47. The Bertz CT molecular complexity index is 310. The third kappa shape index (κ3) is 23.9. The monoisotopic (exact) mass is 381 g/mol. The summed E-state index contributed by atoms with van der Waals surface area (Å²) in [5, 5.41) is 11.9. The maximum absolute atomic E-state index is 10.7. The predicted octanol–water partition coefficient (Wildman–Crippen LogP) is 2.88. The van der Waals surface area contributed by atoms with Crippen molar-refractivity contribution in [1.29, 1.82) is 0 Å². The van der Waals surface area contributed by atoms with E-state index in [9.17, 15) is 14.4 Å². The maximum atomic E-state index is 10.7. The van der Waals surface area contributed by atoms with Gasteiger partial charge in [-0.15, -0.1) is 0 Å². The first-order valence-electron chi connectivity index (χ1n) is 7.53. The van der Waals surface area contributed by atoms with Crippen LogP contribution in [-0.4, -0.2) is 41.9 Å². The second kappa shape index (κ2) is 17.9. The summed E-state index contributed by atoms with van der Waals surface area (Å²) >= 11 is 3.27. The maximum Gasteiger partial charge on any atom is 0.305 e. The van der Waals surface area contributed by atoms with Crippen LogP contribution < -0.4 is 5.32 Å². The minimum Gasteiger partial charge on any atom is -0.481 e. The Morgan fingerprint density at radius 1 is 1.00 bits per heavy atom. The standard InChI is InChI=1S/C9H17NO3.C6H11BrO2/c1-8(11)10-7-5-3-4-6-9(12)13-2;7-5-3-1-2-4-6(8)9/h3-7H2,1-2H3,(H,10,11);1-5H2,(H,8,9). The molecule has 0 aromatic carbocycles. The van der Waals surface area contributed by atoms with E-state index in [1.165, 1.54) is 14.0 Å². The summed E-state index contributed by atoms with van der Waals surface area (Å²) in [5.41, 5.74) is 0. The van der Waals surface area contributed by atoms with Crippen LogP contribution in [0.3, 0.4) is 0 Å². The molecule has 0 spiro atoms. The number of nitrogens with one attached hydrogen (secondary N) is 1. The molecular weight excluding hydrogens is 354 g/mol. The van der Waals surface area contributed by atoms with Crippen LogP contribution in [-0.2, 0) is 19.1 Å². The topological polar surface area (TPSA) is 92.7 Å². The Balaban J connectivity index is 0. The fourth-order valence-corrected chi connectivity index (χ4v) is 1.88. The van der Waals surface area contributed by atoms with Crippen LogP contribution in [0.4, 0.5) is 0 Å². The molecule has 0 aromatic rings. The lowest BCUT2D eigenvalue weighted by Crippen LogP contribution is -2.20. The second-order valence-corrected chi connectivity index (χ2v) is 5.56. The minimum absolute atomic E-state index is 0.00651. The molecule has 0 aromatic heterocycles. The third-order valence-electron chi connectivity index (χ3n) is 2.68. The van der Waals surface area contributed by atoms with Crippen molar-refractivity contribution in [3.05, 3.63) is 0 Å². The number of halogens is 1. The molecule has 2 N–H and O–H groups in total. The van der Waals surface area contributed by atoms with Crippen molar-refractivity contribution in [2.75, 3.05) is 19.0 Å². The van der Waals surface area contributed by atoms with E-state index in [4.69, 9.17) is 5.11 Å². The van der Waals surface area contributed by atoms with Gasteiger partial charge in [-0.2, -0.15) is 0 Å². The van der Waals surface area contributed by atoms with Gasteiger partial charge in [0.2, 0.25) is 5.91 Å². The molecule has 22 heavy (non-hydrogen) atoms. The van der Waals surface area contributed by atoms with Gasteiger partial charge in [0.15, 0.2) is 0 Å². The van der Waals surface area contributed by atoms with E-state index in [2.05, 4.69) is 26.0 Å². The minimum atomic E-state index is -0.690. The zero-order chi connectivity index (χ0) is 17.2. The number of amides is 1. The highest BCUT2D eigenvalue weighted by molar-refractivity contribution is 9.09. The van der Waals surface area contributed by atoms with Crippen molar-refractivity contribution in [3.8, 4) is 0 Å². The molecule has 0 radical (unpaired) electrons. The molecule has 0 aliphatic carbocycles. The summed E-state index contributed by atoms with van der Waals surface area (Å²) in [5.74, 6) is -0.864. The van der Waals surface area contributed by atoms with Crippen molar-refractivity contribution < 1.29 is 24.2 Å². The van der Waals surface area contributed by atoms with Crippen LogP contribution in [0.15, 0.2) is 0 Å². The number of methoxy groups -OCH3 is 1. The van der Waals surface area contributed by atoms with E-state index in [0.717, 1.165) is 43.9 Å². The van der Waals surface area contributed by atoms with Crippen LogP contribution in [0.25, 0.3) is 0 Å². The summed E-state index contributed by atoms with van der Waals surface area (Å²) in [6.45, 7) is 2.19. The van der Waals surface area contributed by atoms with Gasteiger partial charge in [-0.05, 0) is 25.7 Å². The van der Waals surface area contributed by atoms with Gasteiger partial charge < -0.3 is 15.2 Å². The molecule has 0 saturated carbocycles. The van der Waals surface area contributed by atoms with Crippen LogP contribution >= 0.6 is 15.9 Å². The van der Waals surface area contributed by atoms with Crippen molar-refractivity contribution in [1.82, 2.24) is 5.32 Å². The number of hydrogen-bond donors (Lipinski definition) is 2. The Morgan fingerprint density at radius 3 is 2.09 bits per heavy atom. The average molecular weight is 382 g/mol. The van der Waals surface area contributed by atoms with E-state index >= 15 is 0 Å². The number of esters is 1. The highest BCUT2D eigenvalue weighted by Gasteiger charge is 1.98. The van der Waals surface area contributed by atoms with Gasteiger partial charge in [-0.1, -0.05) is 28.8 Å². The highest BCUT2D eigenvalue weighted by Crippen LogP contribution is 2.01. The number of unbranched alkanes of at least 4 members (excludes halogenated alkanes) is 4. The number of hydrogen-bond acceptors (Lipinski definition) is 4. The Hall–Kier alpha value is -1.11. The summed E-state index contributed by atoms with van der Waals surface area (Å²) < 4.78 is 4.49. The third-order valence-corrected chi connectivity index (χ3v) is 3.24. The number of carbonyl (C=O) groups is 3. The molecule has 0 aliphatic rings. The van der Waals surface area contributed by atoms with Crippen LogP contribution in [0.2, 0.25) is 0 Å². The molecule has 0 fully saturated rings. The van der Waals surface area contributed by atoms with Crippen molar-refractivity contribution in [2.24, 2.45) is 0 Å². The molecule has 130 valence electrons. The van der Waals surface area contributed by atoms with Gasteiger partial charge in [0.25, 0.3) is 0 Å². The zero-order valence-electron chi connectivity index (χ0n) is 13.5. The Morgan fingerprint density at radius 2 is 1.59 bits per heavy atom. The molecule has 6 nitrogen and oxygen atoms in total. The van der Waals surface area contributed by atoms with Crippen molar-refractivity contribution in [2.45, 2.75) is 58.3 Å². The first-order valence-corrected chi connectivity index (χ1v) is 8.65. The summed E-state index contributed by atoms with van der Waals surface area (Å²) in [6.07, 6.45) is 6.35. The van der Waals surface area contributed by atoms with Crippen molar-refractivity contribution >= 4 is 33.8 Å². The number of carboxylic acids is 1. The highest BCUT2D eigenvalue weighted by atomic mass is 79.9. The molecule has 0 unspecified atom stereocenters. The fraction of sp³-hybridized carbons (Fsp3) is 0.800. The molecule has 0 bridgehead atoms. The molecule has 0 heterocycles. The van der Waals surface area contributed by atoms with Crippen LogP contribution in [0.1, 0.15) is 58.3 Å². The smallest absolute Gasteiger partial charge is 0.305 e. The number of carboxylic acid groups (broad SMARTS) is 1. The largest absolute Gasteiger partial charge is 0.481 e. The lowest BCUT2D eigenvalue weighted by Gasteiger charge is -2.01. The summed E-state index contributed by atoms with van der Waals surface area (Å²) in [4.78, 5) is 31.1. The molecule has 0 aliphatic heterocycles. The van der Waals surface area contributed by atoms with E-state index in [0.29, 0.717) is 19.4 Å². The van der Waals surface area contributed by atoms with E-state index in [1.807, 2.05) is 0 Å². The van der Waals surface area contributed by atoms with E-state index < -0.39 is 5.97 Å². The van der Waals surface area contributed by atoms with Gasteiger partial charge in [-0.3, -0.25) is 14.4 Å². The molecule has 1 amide bonds. The normalized spacial score (nSPS) is 9.41. The van der Waals surface area contributed by atoms with E-state index in [-0.39, 0.29) is 11.9 Å². The van der Waals surface area contributed by atoms with Gasteiger partial charge in [-0.25, -0.2) is 0 Å². The van der Waals surface area contributed by atoms with E-state index in [1.54, 1.807) is 0 Å². The van der Waals surface area contributed by atoms with Gasteiger partial charge >= 0.3 is 11.9 Å². The van der Waals surface area contributed by atoms with Gasteiger partial charge in [0.1, 0.15) is 0 Å². The number of ether oxygens (including phenoxy) is 1. The predicted molar refractivity (Wildman–Crippen MR) is 89.1 cm³/mol. The van der Waals surface area contributed by atoms with Gasteiger partial charge in [0.05, 0.1) is 7.11 Å². The molecule has 7 heteroatoms. The number of aliphatic carboxylic acids is 1. The second-order valence-electron chi connectivity index (χ2n) is 4.76. The lowest BCUT2D eigenvalue weighted by molar-refractivity contribution is -0.141. The Kier molecular flexibility index (Phi) is 18.9. The summed E-state index contributed by atoms with van der Waals surface area (Å²) in [7, 11) is 1.39. The Labute approximate surface area is 141 Å². The first-order chi connectivity index (χ1) is 10.4. The van der Waals surface area contributed by atoms with Crippen LogP contribution in [0, 0.1) is 0 Å². The summed E-state index contributed by atoms with van der Waals surface area (Å²) in [6, 6.07) is 0. The quantitative estimate of drug-likeness (QED) is 0.326. The number of rotatable bonds is 11. The van der Waals surface area contributed by atoms with Gasteiger partial charge in [0, 0.05) is 31.6 Å². The molecule has 0 atom stereocenters. The fourth-order valence-electron chi connectivity index (χ4n) is 1.49. The molecular formula is C15H28BrNO5. The molecule has 0 saturated heterocycles. The number of alkyl halides is 1. The SMILES string of the molecule is COC(=O)CCCCCNC(C)=O.O=C(O)CCCCCBr.